The highest BCUT2D eigenvalue weighted by molar-refractivity contribution is 5.30. The first kappa shape index (κ1) is 12.0. The molecule has 1 unspecified atom stereocenters. The summed E-state index contributed by atoms with van der Waals surface area (Å²) in [5.74, 6) is 0.475. The summed E-state index contributed by atoms with van der Waals surface area (Å²) in [6.07, 6.45) is -0.158. The van der Waals surface area contributed by atoms with E-state index in [-0.39, 0.29) is 13.0 Å². The van der Waals surface area contributed by atoms with Gasteiger partial charge in [0.2, 0.25) is 0 Å². The number of ether oxygens (including phenoxy) is 1. The first-order valence-electron chi connectivity index (χ1n) is 5.37. The zero-order valence-corrected chi connectivity index (χ0v) is 9.41. The molecule has 1 saturated heterocycles. The Hall–Kier alpha value is -1.44. The van der Waals surface area contributed by atoms with Gasteiger partial charge >= 0.3 is 5.69 Å². The summed E-state index contributed by atoms with van der Waals surface area (Å²) in [4.78, 5) is 15.5. The molecule has 0 saturated carbocycles. The van der Waals surface area contributed by atoms with Crippen molar-refractivity contribution in [3.63, 3.8) is 0 Å². The average Bonchev–Trinajstić information content (AvgIpc) is 2.70. The molecule has 17 heavy (non-hydrogen) atoms. The van der Waals surface area contributed by atoms with Crippen LogP contribution in [-0.2, 0) is 4.74 Å². The van der Waals surface area contributed by atoms with Gasteiger partial charge in [0.05, 0.1) is 12.7 Å². The highest BCUT2D eigenvalue weighted by atomic mass is 16.5. The van der Waals surface area contributed by atoms with Crippen LogP contribution < -0.4 is 11.0 Å². The van der Waals surface area contributed by atoms with E-state index in [9.17, 15) is 9.90 Å². The van der Waals surface area contributed by atoms with Crippen LogP contribution in [0.1, 0.15) is 12.6 Å². The topological polar surface area (TPSA) is 96.6 Å². The summed E-state index contributed by atoms with van der Waals surface area (Å²) in [6.45, 7) is -0.269. The Morgan fingerprint density at radius 3 is 3.00 bits per heavy atom. The Kier molecular flexibility index (Phi) is 3.41. The van der Waals surface area contributed by atoms with Crippen molar-refractivity contribution in [3.8, 4) is 0 Å². The molecule has 3 N–H and O–H groups in total. The summed E-state index contributed by atoms with van der Waals surface area (Å²) in [5, 5.41) is 21.3. The second-order valence-corrected chi connectivity index (χ2v) is 3.87. The maximum absolute atomic E-state index is 11.7. The third-order valence-electron chi connectivity index (χ3n) is 2.78. The fourth-order valence-corrected chi connectivity index (χ4v) is 1.82. The van der Waals surface area contributed by atoms with Crippen LogP contribution >= 0.6 is 0 Å². The molecule has 2 rings (SSSR count). The first-order chi connectivity index (χ1) is 8.15. The maximum atomic E-state index is 11.7. The van der Waals surface area contributed by atoms with E-state index in [0.29, 0.717) is 5.82 Å². The number of anilines is 1. The standard InChI is InChI=1S/C10H15N3O4/c1-11-8-2-3-13(10(16)12-8)9-4-6(15)7(5-14)17-9/h2-3,6-7,9,14-15H,4-5H2,1H3,(H,11,12,16)/t6-,7?,9-/m1/s1. The van der Waals surface area contributed by atoms with Crippen LogP contribution in [0.2, 0.25) is 0 Å². The lowest BCUT2D eigenvalue weighted by molar-refractivity contribution is -0.0458. The van der Waals surface area contributed by atoms with Gasteiger partial charge in [0.15, 0.2) is 0 Å². The zero-order valence-electron chi connectivity index (χ0n) is 9.41. The van der Waals surface area contributed by atoms with E-state index in [0.717, 1.165) is 0 Å². The lowest BCUT2D eigenvalue weighted by Crippen LogP contribution is -2.27. The Labute approximate surface area is 97.7 Å². The van der Waals surface area contributed by atoms with Gasteiger partial charge in [0.1, 0.15) is 18.1 Å². The molecule has 0 amide bonds. The van der Waals surface area contributed by atoms with Crippen molar-refractivity contribution in [1.29, 1.82) is 0 Å². The summed E-state index contributed by atoms with van der Waals surface area (Å²) >= 11 is 0. The lowest BCUT2D eigenvalue weighted by Gasteiger charge is -2.14. The number of aliphatic hydroxyl groups is 2. The van der Waals surface area contributed by atoms with E-state index in [1.165, 1.54) is 4.57 Å². The smallest absolute Gasteiger partial charge is 0.351 e. The first-order valence-corrected chi connectivity index (χ1v) is 5.37. The van der Waals surface area contributed by atoms with Crippen LogP contribution in [0.15, 0.2) is 17.1 Å². The molecule has 1 aromatic rings. The molecule has 2 heterocycles. The van der Waals surface area contributed by atoms with Gasteiger partial charge in [-0.1, -0.05) is 0 Å². The molecular weight excluding hydrogens is 226 g/mol. The molecule has 0 aliphatic carbocycles. The molecule has 0 bridgehead atoms. The third-order valence-corrected chi connectivity index (χ3v) is 2.78. The van der Waals surface area contributed by atoms with E-state index in [1.807, 2.05) is 0 Å². The average molecular weight is 241 g/mol. The Balaban J connectivity index is 2.22. The summed E-state index contributed by atoms with van der Waals surface area (Å²) < 4.78 is 6.67. The minimum atomic E-state index is -0.763. The molecule has 0 spiro atoms. The fraction of sp³-hybridized carbons (Fsp3) is 0.600. The summed E-state index contributed by atoms with van der Waals surface area (Å²) in [7, 11) is 1.67. The number of aliphatic hydroxyl groups excluding tert-OH is 2. The molecular formula is C10H15N3O4. The summed E-state index contributed by atoms with van der Waals surface area (Å²) in [5.41, 5.74) is -0.451. The number of hydrogen-bond acceptors (Lipinski definition) is 6. The van der Waals surface area contributed by atoms with Crippen molar-refractivity contribution in [2.45, 2.75) is 24.9 Å². The Morgan fingerprint density at radius 1 is 1.71 bits per heavy atom. The second kappa shape index (κ2) is 4.82. The predicted octanol–water partition coefficient (Wildman–Crippen LogP) is -1.07. The van der Waals surface area contributed by atoms with E-state index in [1.54, 1.807) is 19.3 Å². The van der Waals surface area contributed by atoms with E-state index < -0.39 is 24.1 Å². The number of nitrogens with one attached hydrogen (secondary N) is 1. The minimum absolute atomic E-state index is 0.269. The number of hydrogen-bond donors (Lipinski definition) is 3. The Bertz CT molecular complexity index is 447. The highest BCUT2D eigenvalue weighted by Gasteiger charge is 2.34. The minimum Gasteiger partial charge on any atom is -0.394 e. The van der Waals surface area contributed by atoms with Gasteiger partial charge in [0, 0.05) is 19.7 Å². The van der Waals surface area contributed by atoms with Gasteiger partial charge in [-0.2, -0.15) is 4.98 Å². The molecule has 3 atom stereocenters. The van der Waals surface area contributed by atoms with Gasteiger partial charge in [0.25, 0.3) is 0 Å². The molecule has 94 valence electrons. The van der Waals surface area contributed by atoms with Gasteiger partial charge in [-0.3, -0.25) is 4.57 Å². The zero-order chi connectivity index (χ0) is 12.4. The van der Waals surface area contributed by atoms with Crippen LogP contribution in [0.3, 0.4) is 0 Å². The molecule has 1 aromatic heterocycles. The van der Waals surface area contributed by atoms with Gasteiger partial charge in [-0.25, -0.2) is 4.79 Å². The molecule has 7 nitrogen and oxygen atoms in total. The quantitative estimate of drug-likeness (QED) is 0.623. The van der Waals surface area contributed by atoms with Crippen LogP contribution in [0, 0.1) is 0 Å². The number of rotatable bonds is 3. The molecule has 1 aliphatic heterocycles. The van der Waals surface area contributed by atoms with E-state index >= 15 is 0 Å². The van der Waals surface area contributed by atoms with Crippen molar-refractivity contribution in [1.82, 2.24) is 9.55 Å². The van der Waals surface area contributed by atoms with E-state index in [2.05, 4.69) is 10.3 Å². The molecule has 0 aromatic carbocycles. The molecule has 0 radical (unpaired) electrons. The van der Waals surface area contributed by atoms with Crippen molar-refractivity contribution in [3.05, 3.63) is 22.7 Å². The van der Waals surface area contributed by atoms with Crippen molar-refractivity contribution in [2.75, 3.05) is 19.0 Å². The third kappa shape index (κ3) is 2.31. The summed E-state index contributed by atoms with van der Waals surface area (Å²) in [6, 6.07) is 1.64. The van der Waals surface area contributed by atoms with Gasteiger partial charge < -0.3 is 20.3 Å². The second-order valence-electron chi connectivity index (χ2n) is 3.87. The largest absolute Gasteiger partial charge is 0.394 e. The number of nitrogens with zero attached hydrogens (tertiary/aromatic N) is 2. The highest BCUT2D eigenvalue weighted by Crippen LogP contribution is 2.27. The monoisotopic (exact) mass is 241 g/mol. The normalized spacial score (nSPS) is 28.3. The number of aromatic nitrogens is 2. The Morgan fingerprint density at radius 2 is 2.47 bits per heavy atom. The van der Waals surface area contributed by atoms with Gasteiger partial charge in [-0.05, 0) is 6.07 Å². The molecule has 7 heteroatoms. The van der Waals surface area contributed by atoms with Crippen LogP contribution in [0.5, 0.6) is 0 Å². The lowest BCUT2D eigenvalue weighted by atomic mass is 10.2. The van der Waals surface area contributed by atoms with Crippen molar-refractivity contribution >= 4 is 5.82 Å². The molecule has 1 fully saturated rings. The SMILES string of the molecule is CNc1ccn([C@H]2C[C@@H](O)C(CO)O2)c(=O)n1. The van der Waals surface area contributed by atoms with Crippen molar-refractivity contribution < 1.29 is 14.9 Å². The predicted molar refractivity (Wildman–Crippen MR) is 59.7 cm³/mol. The van der Waals surface area contributed by atoms with E-state index in [4.69, 9.17) is 9.84 Å². The van der Waals surface area contributed by atoms with Crippen LogP contribution in [0.25, 0.3) is 0 Å². The van der Waals surface area contributed by atoms with Crippen LogP contribution in [0.4, 0.5) is 5.82 Å². The van der Waals surface area contributed by atoms with Gasteiger partial charge in [-0.15, -0.1) is 0 Å². The molecule has 1 aliphatic rings. The maximum Gasteiger partial charge on any atom is 0.351 e. The van der Waals surface area contributed by atoms with Crippen molar-refractivity contribution in [2.24, 2.45) is 0 Å². The fourth-order valence-electron chi connectivity index (χ4n) is 1.82. The van der Waals surface area contributed by atoms with Crippen LogP contribution in [-0.4, -0.2) is 45.6 Å².